The molecule has 0 aliphatic rings. The highest BCUT2D eigenvalue weighted by atomic mass is 79.9. The average Bonchev–Trinajstić information content (AvgIpc) is 2.62. The van der Waals surface area contributed by atoms with E-state index in [9.17, 15) is 0 Å². The average molecular weight is 242 g/mol. The van der Waals surface area contributed by atoms with Crippen molar-refractivity contribution in [3.05, 3.63) is 34.7 Å². The molecule has 2 rings (SSSR count). The molecule has 5 heteroatoms. The molecule has 0 bridgehead atoms. The lowest BCUT2D eigenvalue weighted by Crippen LogP contribution is -2.00. The summed E-state index contributed by atoms with van der Waals surface area (Å²) >= 11 is 3.27. The molecular weight excluding hydrogens is 234 g/mol. The molecule has 13 heavy (non-hydrogen) atoms. The molecule has 0 N–H and O–H groups in total. The summed E-state index contributed by atoms with van der Waals surface area (Å²) in [7, 11) is 0. The second-order valence-electron chi connectivity index (χ2n) is 2.69. The molecule has 0 unspecified atom stereocenters. The van der Waals surface area contributed by atoms with Crippen molar-refractivity contribution >= 4 is 15.9 Å². The normalized spacial score (nSPS) is 10.6. The zero-order valence-corrected chi connectivity index (χ0v) is 8.65. The van der Waals surface area contributed by atoms with Gasteiger partial charge in [0.2, 0.25) is 0 Å². The van der Waals surface area contributed by atoms with Crippen LogP contribution in [0.4, 0.5) is 0 Å². The molecule has 68 valence electrons. The van der Waals surface area contributed by atoms with Crippen LogP contribution in [0.25, 0.3) is 0 Å². The van der Waals surface area contributed by atoms with Gasteiger partial charge in [-0.25, -0.2) is 4.98 Å². The molecule has 0 aromatic carbocycles. The minimum atomic E-state index is 0.642. The molecular formula is C8H8BrN3O. The van der Waals surface area contributed by atoms with Crippen LogP contribution in [0.2, 0.25) is 0 Å². The van der Waals surface area contributed by atoms with Crippen molar-refractivity contribution < 1.29 is 4.42 Å². The van der Waals surface area contributed by atoms with Gasteiger partial charge in [-0.15, -0.1) is 0 Å². The maximum absolute atomic E-state index is 5.08. The molecule has 0 aliphatic heterocycles. The quantitative estimate of drug-likeness (QED) is 0.808. The molecule has 0 saturated heterocycles. The Morgan fingerprint density at radius 2 is 2.46 bits per heavy atom. The van der Waals surface area contributed by atoms with Crippen LogP contribution in [0, 0.1) is 6.92 Å². The van der Waals surface area contributed by atoms with E-state index in [1.54, 1.807) is 10.9 Å². The number of nitrogens with zero attached hydrogens (tertiary/aromatic N) is 3. The van der Waals surface area contributed by atoms with Gasteiger partial charge in [-0.1, -0.05) is 0 Å². The number of aromatic nitrogens is 3. The lowest BCUT2D eigenvalue weighted by Gasteiger charge is -1.94. The second kappa shape index (κ2) is 3.33. The number of halogens is 1. The fraction of sp³-hybridized carbons (Fsp3) is 0.250. The van der Waals surface area contributed by atoms with Crippen LogP contribution in [-0.4, -0.2) is 14.8 Å². The Hall–Kier alpha value is -1.10. The largest absolute Gasteiger partial charge is 0.449 e. The van der Waals surface area contributed by atoms with Crippen LogP contribution < -0.4 is 0 Å². The Kier molecular flexibility index (Phi) is 2.18. The predicted octanol–water partition coefficient (Wildman–Crippen LogP) is 1.99. The molecule has 0 amide bonds. The molecule has 0 spiro atoms. The minimum absolute atomic E-state index is 0.642. The van der Waals surface area contributed by atoms with E-state index in [-0.39, 0.29) is 0 Å². The zero-order valence-electron chi connectivity index (χ0n) is 7.07. The monoisotopic (exact) mass is 241 g/mol. The number of aryl methyl sites for hydroxylation is 1. The van der Waals surface area contributed by atoms with Gasteiger partial charge in [-0.05, 0) is 22.0 Å². The van der Waals surface area contributed by atoms with Gasteiger partial charge in [0, 0.05) is 13.1 Å². The standard InChI is InChI=1S/C8H8BrN3O/c1-6-10-7(5-13-6)4-12-3-2-8(9)11-12/h2-3,5H,4H2,1H3. The van der Waals surface area contributed by atoms with Crippen molar-refractivity contribution in [2.45, 2.75) is 13.5 Å². The molecule has 2 aromatic heterocycles. The van der Waals surface area contributed by atoms with E-state index in [0.29, 0.717) is 12.4 Å². The van der Waals surface area contributed by atoms with Gasteiger partial charge in [0.1, 0.15) is 16.6 Å². The van der Waals surface area contributed by atoms with E-state index < -0.39 is 0 Å². The third-order valence-corrected chi connectivity index (χ3v) is 2.02. The number of rotatable bonds is 2. The van der Waals surface area contributed by atoms with E-state index in [1.807, 2.05) is 19.2 Å². The molecule has 0 saturated carbocycles. The van der Waals surface area contributed by atoms with Crippen LogP contribution >= 0.6 is 15.9 Å². The Morgan fingerprint density at radius 1 is 1.62 bits per heavy atom. The summed E-state index contributed by atoms with van der Waals surface area (Å²) in [5.74, 6) is 0.682. The molecule has 0 atom stereocenters. The van der Waals surface area contributed by atoms with Crippen molar-refractivity contribution in [2.24, 2.45) is 0 Å². The van der Waals surface area contributed by atoms with Crippen LogP contribution in [0.5, 0.6) is 0 Å². The van der Waals surface area contributed by atoms with Crippen molar-refractivity contribution in [3.63, 3.8) is 0 Å². The van der Waals surface area contributed by atoms with E-state index in [2.05, 4.69) is 26.0 Å². The highest BCUT2D eigenvalue weighted by molar-refractivity contribution is 9.10. The van der Waals surface area contributed by atoms with Gasteiger partial charge in [0.15, 0.2) is 5.89 Å². The van der Waals surface area contributed by atoms with E-state index in [1.165, 1.54) is 0 Å². The molecule has 0 aliphatic carbocycles. The smallest absolute Gasteiger partial charge is 0.191 e. The van der Waals surface area contributed by atoms with Gasteiger partial charge in [-0.3, -0.25) is 4.68 Å². The second-order valence-corrected chi connectivity index (χ2v) is 3.51. The highest BCUT2D eigenvalue weighted by Gasteiger charge is 2.01. The van der Waals surface area contributed by atoms with Crippen LogP contribution in [0.3, 0.4) is 0 Å². The summed E-state index contributed by atoms with van der Waals surface area (Å²) in [6.07, 6.45) is 3.53. The first-order valence-corrected chi connectivity index (χ1v) is 4.63. The molecule has 2 aromatic rings. The van der Waals surface area contributed by atoms with E-state index >= 15 is 0 Å². The molecule has 0 radical (unpaired) electrons. The summed E-state index contributed by atoms with van der Waals surface area (Å²) in [5.41, 5.74) is 0.883. The summed E-state index contributed by atoms with van der Waals surface area (Å²) < 4.78 is 7.70. The number of hydrogen-bond donors (Lipinski definition) is 0. The first-order chi connectivity index (χ1) is 6.24. The summed E-state index contributed by atoms with van der Waals surface area (Å²) in [5, 5.41) is 4.17. The van der Waals surface area contributed by atoms with Gasteiger partial charge in [0.25, 0.3) is 0 Å². The van der Waals surface area contributed by atoms with Crippen LogP contribution in [-0.2, 0) is 6.54 Å². The first kappa shape index (κ1) is 8.50. The van der Waals surface area contributed by atoms with Crippen molar-refractivity contribution in [1.29, 1.82) is 0 Å². The SMILES string of the molecule is Cc1nc(Cn2ccc(Br)n2)co1. The van der Waals surface area contributed by atoms with Gasteiger partial charge >= 0.3 is 0 Å². The summed E-state index contributed by atoms with van der Waals surface area (Å²) in [6.45, 7) is 2.46. The fourth-order valence-corrected chi connectivity index (χ4v) is 1.39. The fourth-order valence-electron chi connectivity index (χ4n) is 1.07. The number of oxazole rings is 1. The first-order valence-electron chi connectivity index (χ1n) is 3.84. The minimum Gasteiger partial charge on any atom is -0.449 e. The van der Waals surface area contributed by atoms with Gasteiger partial charge in [0.05, 0.1) is 6.54 Å². The van der Waals surface area contributed by atoms with E-state index in [0.717, 1.165) is 10.3 Å². The molecule has 2 heterocycles. The lowest BCUT2D eigenvalue weighted by atomic mass is 10.5. The Bertz CT molecular complexity index is 369. The van der Waals surface area contributed by atoms with Crippen molar-refractivity contribution in [1.82, 2.24) is 14.8 Å². The molecule has 4 nitrogen and oxygen atoms in total. The maximum Gasteiger partial charge on any atom is 0.191 e. The van der Waals surface area contributed by atoms with Crippen LogP contribution in [0.15, 0.2) is 27.5 Å². The van der Waals surface area contributed by atoms with Gasteiger partial charge in [-0.2, -0.15) is 5.10 Å². The zero-order chi connectivity index (χ0) is 9.26. The lowest BCUT2D eigenvalue weighted by molar-refractivity contribution is 0.519. The summed E-state index contributed by atoms with van der Waals surface area (Å²) in [4.78, 5) is 4.17. The molecule has 0 fully saturated rings. The Morgan fingerprint density at radius 3 is 3.00 bits per heavy atom. The van der Waals surface area contributed by atoms with Crippen molar-refractivity contribution in [2.75, 3.05) is 0 Å². The van der Waals surface area contributed by atoms with Crippen molar-refractivity contribution in [3.8, 4) is 0 Å². The Balaban J connectivity index is 2.14. The maximum atomic E-state index is 5.08. The van der Waals surface area contributed by atoms with E-state index in [4.69, 9.17) is 4.42 Å². The Labute approximate surface area is 83.7 Å². The summed E-state index contributed by atoms with van der Waals surface area (Å²) in [6, 6.07) is 1.88. The third kappa shape index (κ3) is 1.98. The van der Waals surface area contributed by atoms with Gasteiger partial charge < -0.3 is 4.42 Å². The topological polar surface area (TPSA) is 43.9 Å². The number of hydrogen-bond acceptors (Lipinski definition) is 3. The third-order valence-electron chi connectivity index (χ3n) is 1.60. The highest BCUT2D eigenvalue weighted by Crippen LogP contribution is 2.07. The van der Waals surface area contributed by atoms with Crippen LogP contribution in [0.1, 0.15) is 11.6 Å². The predicted molar refractivity (Wildman–Crippen MR) is 50.3 cm³/mol.